The first-order valence-electron chi connectivity index (χ1n) is 9.50. The molecule has 0 heterocycles. The van der Waals surface area contributed by atoms with Crippen molar-refractivity contribution in [1.29, 1.82) is 0 Å². The van der Waals surface area contributed by atoms with Gasteiger partial charge in [-0.25, -0.2) is 0 Å². The lowest BCUT2D eigenvalue weighted by atomic mass is 9.64. The molecule has 3 rings (SSSR count). The number of halogens is 1. The first-order valence-corrected chi connectivity index (χ1v) is 10.3. The standard InChI is InChI=1S/C22H25BrN2O4/c1-28-18-8-7-15(11-19(18)29-2)21(27)24-13-20(26)25-14-22(9-4-10-22)16-5-3-6-17(23)12-16/h3,5-8,11-12H,4,9-10,13-14H2,1-2H3,(H,24,27)(H,25,26). The Bertz CT molecular complexity index is 896. The second-order valence-corrected chi connectivity index (χ2v) is 8.09. The number of nitrogens with one attached hydrogen (secondary N) is 2. The van der Waals surface area contributed by atoms with E-state index in [0.717, 1.165) is 23.7 Å². The van der Waals surface area contributed by atoms with Crippen LogP contribution in [-0.2, 0) is 10.2 Å². The van der Waals surface area contributed by atoms with E-state index in [9.17, 15) is 9.59 Å². The SMILES string of the molecule is COc1ccc(C(=O)NCC(=O)NCC2(c3cccc(Br)c3)CCC2)cc1OC. The maximum atomic E-state index is 12.4. The van der Waals surface area contributed by atoms with Crippen molar-refractivity contribution in [2.24, 2.45) is 0 Å². The molecule has 0 radical (unpaired) electrons. The molecule has 29 heavy (non-hydrogen) atoms. The number of hydrogen-bond acceptors (Lipinski definition) is 4. The zero-order valence-electron chi connectivity index (χ0n) is 16.6. The molecule has 7 heteroatoms. The number of benzene rings is 2. The highest BCUT2D eigenvalue weighted by atomic mass is 79.9. The summed E-state index contributed by atoms with van der Waals surface area (Å²) >= 11 is 3.52. The molecule has 0 saturated heterocycles. The van der Waals surface area contributed by atoms with E-state index in [1.807, 2.05) is 12.1 Å². The monoisotopic (exact) mass is 460 g/mol. The fraction of sp³-hybridized carbons (Fsp3) is 0.364. The fourth-order valence-electron chi connectivity index (χ4n) is 3.56. The van der Waals surface area contributed by atoms with Gasteiger partial charge in [0.15, 0.2) is 11.5 Å². The average Bonchev–Trinajstić information content (AvgIpc) is 2.70. The van der Waals surface area contributed by atoms with Crippen molar-refractivity contribution in [2.75, 3.05) is 27.3 Å². The van der Waals surface area contributed by atoms with E-state index in [1.54, 1.807) is 18.2 Å². The van der Waals surface area contributed by atoms with Gasteiger partial charge in [-0.2, -0.15) is 0 Å². The van der Waals surface area contributed by atoms with Crippen LogP contribution < -0.4 is 20.1 Å². The summed E-state index contributed by atoms with van der Waals surface area (Å²) in [5, 5.41) is 5.63. The van der Waals surface area contributed by atoms with Crippen molar-refractivity contribution in [2.45, 2.75) is 24.7 Å². The Hall–Kier alpha value is -2.54. The smallest absolute Gasteiger partial charge is 0.251 e. The lowest BCUT2D eigenvalue weighted by Crippen LogP contribution is -2.47. The summed E-state index contributed by atoms with van der Waals surface area (Å²) in [6.45, 7) is 0.482. The molecule has 2 aromatic carbocycles. The summed E-state index contributed by atoms with van der Waals surface area (Å²) in [6, 6.07) is 13.1. The minimum atomic E-state index is -0.341. The Labute approximate surface area is 179 Å². The Balaban J connectivity index is 1.54. The molecule has 0 spiro atoms. The third kappa shape index (κ3) is 4.90. The molecule has 1 fully saturated rings. The van der Waals surface area contributed by atoms with Crippen LogP contribution in [0.4, 0.5) is 0 Å². The predicted molar refractivity (Wildman–Crippen MR) is 115 cm³/mol. The minimum absolute atomic E-state index is 0.0210. The van der Waals surface area contributed by atoms with Crippen LogP contribution in [0, 0.1) is 0 Å². The normalized spacial score (nSPS) is 14.4. The first kappa shape index (κ1) is 21.2. The largest absolute Gasteiger partial charge is 0.493 e. The third-order valence-corrected chi connectivity index (χ3v) is 5.92. The molecule has 1 aliphatic carbocycles. The Morgan fingerprint density at radius 3 is 2.41 bits per heavy atom. The number of hydrogen-bond donors (Lipinski definition) is 2. The van der Waals surface area contributed by atoms with Crippen LogP contribution in [0.5, 0.6) is 11.5 Å². The molecule has 0 atom stereocenters. The molecule has 2 N–H and O–H groups in total. The highest BCUT2D eigenvalue weighted by Crippen LogP contribution is 2.43. The molecule has 2 amide bonds. The van der Waals surface area contributed by atoms with Crippen LogP contribution >= 0.6 is 15.9 Å². The van der Waals surface area contributed by atoms with Crippen molar-refractivity contribution in [3.63, 3.8) is 0 Å². The van der Waals surface area contributed by atoms with Crippen molar-refractivity contribution in [3.8, 4) is 11.5 Å². The number of methoxy groups -OCH3 is 2. The molecule has 0 bridgehead atoms. The van der Waals surface area contributed by atoms with Gasteiger partial charge in [-0.1, -0.05) is 34.5 Å². The first-order chi connectivity index (χ1) is 14.0. The highest BCUT2D eigenvalue weighted by Gasteiger charge is 2.38. The molecule has 154 valence electrons. The molecule has 2 aromatic rings. The van der Waals surface area contributed by atoms with E-state index in [4.69, 9.17) is 9.47 Å². The van der Waals surface area contributed by atoms with Gasteiger partial charge >= 0.3 is 0 Å². The number of carbonyl (C=O) groups is 2. The number of rotatable bonds is 8. The molecule has 0 aliphatic heterocycles. The van der Waals surface area contributed by atoms with Crippen LogP contribution in [0.3, 0.4) is 0 Å². The quantitative estimate of drug-likeness (QED) is 0.632. The van der Waals surface area contributed by atoms with E-state index >= 15 is 0 Å². The van der Waals surface area contributed by atoms with Gasteiger partial charge in [0, 0.05) is 22.0 Å². The van der Waals surface area contributed by atoms with Crippen LogP contribution in [0.2, 0.25) is 0 Å². The van der Waals surface area contributed by atoms with Gasteiger partial charge in [0.25, 0.3) is 5.91 Å². The van der Waals surface area contributed by atoms with Gasteiger partial charge in [0.2, 0.25) is 5.91 Å². The second-order valence-electron chi connectivity index (χ2n) is 7.17. The van der Waals surface area contributed by atoms with E-state index in [0.29, 0.717) is 23.6 Å². The van der Waals surface area contributed by atoms with Crippen LogP contribution in [0.15, 0.2) is 46.9 Å². The fourth-order valence-corrected chi connectivity index (χ4v) is 3.96. The lowest BCUT2D eigenvalue weighted by Gasteiger charge is -2.42. The summed E-state index contributed by atoms with van der Waals surface area (Å²) in [5.74, 6) is 0.456. The van der Waals surface area contributed by atoms with Crippen LogP contribution in [-0.4, -0.2) is 39.1 Å². The topological polar surface area (TPSA) is 76.7 Å². The van der Waals surface area contributed by atoms with Gasteiger partial charge in [0.1, 0.15) is 0 Å². The molecule has 0 aromatic heterocycles. The molecule has 0 unspecified atom stereocenters. The van der Waals surface area contributed by atoms with Gasteiger partial charge in [-0.05, 0) is 48.7 Å². The minimum Gasteiger partial charge on any atom is -0.493 e. The summed E-state index contributed by atoms with van der Waals surface area (Å²) in [7, 11) is 3.04. The van der Waals surface area contributed by atoms with E-state index in [1.165, 1.54) is 19.8 Å². The highest BCUT2D eigenvalue weighted by molar-refractivity contribution is 9.10. The summed E-state index contributed by atoms with van der Waals surface area (Å²) in [4.78, 5) is 24.7. The van der Waals surface area contributed by atoms with E-state index in [-0.39, 0.29) is 23.8 Å². The number of ether oxygens (including phenoxy) is 2. The summed E-state index contributed by atoms with van der Waals surface area (Å²) in [6.07, 6.45) is 3.24. The van der Waals surface area contributed by atoms with Crippen LogP contribution in [0.1, 0.15) is 35.2 Å². The maximum Gasteiger partial charge on any atom is 0.251 e. The van der Waals surface area contributed by atoms with E-state index < -0.39 is 0 Å². The third-order valence-electron chi connectivity index (χ3n) is 5.43. The van der Waals surface area contributed by atoms with Crippen molar-refractivity contribution in [3.05, 3.63) is 58.1 Å². The predicted octanol–water partition coefficient (Wildman–Crippen LogP) is 3.43. The Morgan fingerprint density at radius 1 is 1.03 bits per heavy atom. The zero-order valence-corrected chi connectivity index (χ0v) is 18.2. The number of amides is 2. The average molecular weight is 461 g/mol. The number of carbonyl (C=O) groups excluding carboxylic acids is 2. The lowest BCUT2D eigenvalue weighted by molar-refractivity contribution is -0.120. The molecular formula is C22H25BrN2O4. The Morgan fingerprint density at radius 2 is 1.79 bits per heavy atom. The van der Waals surface area contributed by atoms with Crippen molar-refractivity contribution in [1.82, 2.24) is 10.6 Å². The van der Waals surface area contributed by atoms with Gasteiger partial charge in [-0.3, -0.25) is 9.59 Å². The van der Waals surface area contributed by atoms with Gasteiger partial charge in [-0.15, -0.1) is 0 Å². The Kier molecular flexibility index (Phi) is 6.79. The van der Waals surface area contributed by atoms with Crippen LogP contribution in [0.25, 0.3) is 0 Å². The maximum absolute atomic E-state index is 12.4. The van der Waals surface area contributed by atoms with E-state index in [2.05, 4.69) is 38.7 Å². The summed E-state index contributed by atoms with van der Waals surface area (Å²) < 4.78 is 11.4. The molecule has 1 saturated carbocycles. The molecule has 6 nitrogen and oxygen atoms in total. The molecular weight excluding hydrogens is 436 g/mol. The molecule has 1 aliphatic rings. The van der Waals surface area contributed by atoms with Crippen molar-refractivity contribution < 1.29 is 19.1 Å². The summed E-state index contributed by atoms with van der Waals surface area (Å²) in [5.41, 5.74) is 1.61. The second kappa shape index (κ2) is 9.31. The zero-order chi connectivity index (χ0) is 20.9. The van der Waals surface area contributed by atoms with Crippen molar-refractivity contribution >= 4 is 27.7 Å². The van der Waals surface area contributed by atoms with Gasteiger partial charge in [0.05, 0.1) is 20.8 Å². The van der Waals surface area contributed by atoms with Gasteiger partial charge < -0.3 is 20.1 Å².